The summed E-state index contributed by atoms with van der Waals surface area (Å²) in [6, 6.07) is 70.3. The first-order chi connectivity index (χ1) is 28.2. The maximum absolute atomic E-state index is 5.19. The summed E-state index contributed by atoms with van der Waals surface area (Å²) in [7, 11) is 0. The topological polar surface area (TPSA) is 51.0 Å². The molecule has 2 aromatic heterocycles. The minimum absolute atomic E-state index is 0.0964. The second-order valence-corrected chi connectivity index (χ2v) is 14.3. The minimum atomic E-state index is 0.0964. The largest absolute Gasteiger partial charge is 0.265 e. The zero-order valence-corrected chi connectivity index (χ0v) is 31.1. The van der Waals surface area contributed by atoms with Crippen molar-refractivity contribution in [2.45, 2.75) is 5.92 Å². The van der Waals surface area contributed by atoms with E-state index in [1.807, 2.05) is 30.6 Å². The first kappa shape index (κ1) is 34.0. The first-order valence-corrected chi connectivity index (χ1v) is 19.2. The van der Waals surface area contributed by atoms with E-state index in [0.717, 1.165) is 67.3 Å². The van der Waals surface area contributed by atoms with Crippen LogP contribution in [-0.4, -0.2) is 20.7 Å². The minimum Gasteiger partial charge on any atom is -0.265 e. The Hall–Kier alpha value is -7.56. The Morgan fingerprint density at radius 2 is 0.825 bits per heavy atom. The maximum Gasteiger partial charge on any atom is 0.160 e. The number of pyridine rings is 1. The fourth-order valence-corrected chi connectivity index (χ4v) is 7.77. The Morgan fingerprint density at radius 1 is 0.333 bits per heavy atom. The van der Waals surface area contributed by atoms with Gasteiger partial charge in [-0.2, -0.15) is 0 Å². The van der Waals surface area contributed by atoms with Gasteiger partial charge in [-0.25, -0.2) is 9.97 Å². The molecule has 57 heavy (non-hydrogen) atoms. The number of hydrogen-bond donors (Lipinski definition) is 0. The lowest BCUT2D eigenvalue weighted by Crippen LogP contribution is -2.11. The summed E-state index contributed by atoms with van der Waals surface area (Å²) in [5, 5.41) is 0. The Kier molecular flexibility index (Phi) is 8.90. The predicted molar refractivity (Wildman–Crippen MR) is 233 cm³/mol. The maximum atomic E-state index is 5.19. The molecule has 0 fully saturated rings. The summed E-state index contributed by atoms with van der Waals surface area (Å²) in [6.45, 7) is 0. The van der Waals surface area contributed by atoms with Crippen molar-refractivity contribution in [1.29, 1.82) is 0 Å². The fraction of sp³-hybridized carbons (Fsp3) is 0.0189. The van der Waals surface area contributed by atoms with Gasteiger partial charge in [0.05, 0.1) is 28.7 Å². The Bertz CT molecular complexity index is 2750. The molecule has 9 aromatic rings. The van der Waals surface area contributed by atoms with Crippen LogP contribution in [-0.2, 0) is 0 Å². The van der Waals surface area contributed by atoms with Crippen LogP contribution in [0.5, 0.6) is 0 Å². The smallest absolute Gasteiger partial charge is 0.160 e. The Morgan fingerprint density at radius 3 is 1.53 bits per heavy atom. The zero-order chi connectivity index (χ0) is 38.0. The average molecular weight is 729 g/mol. The number of fused-ring (bicyclic) bond motifs is 1. The summed E-state index contributed by atoms with van der Waals surface area (Å²) >= 11 is 0. The number of para-hydroxylation sites is 1. The van der Waals surface area contributed by atoms with Gasteiger partial charge in [-0.05, 0) is 80.4 Å². The van der Waals surface area contributed by atoms with Crippen LogP contribution >= 0.6 is 0 Å². The lowest BCUT2D eigenvalue weighted by Gasteiger charge is -2.16. The average Bonchev–Trinajstić information content (AvgIpc) is 3.70. The van der Waals surface area contributed by atoms with E-state index < -0.39 is 0 Å². The monoisotopic (exact) mass is 728 g/mol. The summed E-state index contributed by atoms with van der Waals surface area (Å²) in [5.74, 6) is 0.774. The van der Waals surface area contributed by atoms with Gasteiger partial charge >= 0.3 is 0 Å². The molecule has 0 radical (unpaired) electrons. The SMILES string of the molecule is c1ccc(-c2ccc(-c3cc(-c4cccc(-c5ccc(C6=Nc7ccccc7C6c6ccccc6)cc5)c4)nc(-c4ccc(-c5ccncc5)cc4)n3)cc2)cc1. The Balaban J connectivity index is 1.00. The van der Waals surface area contributed by atoms with Crippen molar-refractivity contribution in [1.82, 2.24) is 15.0 Å². The first-order valence-electron chi connectivity index (χ1n) is 19.2. The molecule has 1 aliphatic rings. The highest BCUT2D eigenvalue weighted by Gasteiger charge is 2.29. The third kappa shape index (κ3) is 6.86. The van der Waals surface area contributed by atoms with Gasteiger partial charge in [0.15, 0.2) is 5.82 Å². The van der Waals surface area contributed by atoms with E-state index in [-0.39, 0.29) is 5.92 Å². The molecule has 0 N–H and O–H groups in total. The van der Waals surface area contributed by atoms with E-state index in [9.17, 15) is 0 Å². The molecule has 0 aliphatic carbocycles. The van der Waals surface area contributed by atoms with Crippen LogP contribution in [0.2, 0.25) is 0 Å². The highest BCUT2D eigenvalue weighted by Crippen LogP contribution is 2.42. The van der Waals surface area contributed by atoms with Gasteiger partial charge in [0.25, 0.3) is 0 Å². The molecule has 0 bridgehead atoms. The van der Waals surface area contributed by atoms with Gasteiger partial charge in [0.1, 0.15) is 0 Å². The molecule has 0 saturated carbocycles. The molecule has 7 aromatic carbocycles. The second kappa shape index (κ2) is 14.9. The quantitative estimate of drug-likeness (QED) is 0.157. The molecule has 10 rings (SSSR count). The van der Waals surface area contributed by atoms with Gasteiger partial charge in [-0.1, -0.05) is 170 Å². The molecule has 268 valence electrons. The van der Waals surface area contributed by atoms with Crippen molar-refractivity contribution < 1.29 is 0 Å². The van der Waals surface area contributed by atoms with Crippen LogP contribution in [0.3, 0.4) is 0 Å². The third-order valence-electron chi connectivity index (χ3n) is 10.7. The van der Waals surface area contributed by atoms with E-state index in [0.29, 0.717) is 5.82 Å². The molecule has 4 nitrogen and oxygen atoms in total. The molecule has 4 heteroatoms. The van der Waals surface area contributed by atoms with Gasteiger partial charge in [-0.15, -0.1) is 0 Å². The number of nitrogens with zero attached hydrogens (tertiary/aromatic N) is 4. The van der Waals surface area contributed by atoms with Crippen LogP contribution in [0.4, 0.5) is 5.69 Å². The lowest BCUT2D eigenvalue weighted by molar-refractivity contribution is 1.11. The van der Waals surface area contributed by atoms with Crippen molar-refractivity contribution in [2.75, 3.05) is 0 Å². The van der Waals surface area contributed by atoms with Crippen LogP contribution < -0.4 is 0 Å². The van der Waals surface area contributed by atoms with Gasteiger partial charge in [-0.3, -0.25) is 9.98 Å². The molecule has 1 aliphatic heterocycles. The van der Waals surface area contributed by atoms with Crippen molar-refractivity contribution in [3.63, 3.8) is 0 Å². The summed E-state index contributed by atoms with van der Waals surface area (Å²) < 4.78 is 0. The number of aromatic nitrogens is 3. The number of aliphatic imine (C=N–C) groups is 1. The van der Waals surface area contributed by atoms with E-state index in [2.05, 4.69) is 187 Å². The zero-order valence-electron chi connectivity index (χ0n) is 31.1. The van der Waals surface area contributed by atoms with E-state index in [1.54, 1.807) is 0 Å². The predicted octanol–water partition coefficient (Wildman–Crippen LogP) is 13.1. The van der Waals surface area contributed by atoms with Gasteiger partial charge in [0.2, 0.25) is 0 Å². The Labute approximate surface area is 332 Å². The number of hydrogen-bond acceptors (Lipinski definition) is 4. The third-order valence-corrected chi connectivity index (χ3v) is 10.7. The second-order valence-electron chi connectivity index (χ2n) is 14.3. The summed E-state index contributed by atoms with van der Waals surface area (Å²) in [4.78, 5) is 19.7. The van der Waals surface area contributed by atoms with Crippen LogP contribution in [0.1, 0.15) is 22.6 Å². The van der Waals surface area contributed by atoms with Crippen molar-refractivity contribution in [3.05, 3.63) is 229 Å². The molecule has 0 spiro atoms. The van der Waals surface area contributed by atoms with Crippen molar-refractivity contribution >= 4 is 11.4 Å². The highest BCUT2D eigenvalue weighted by molar-refractivity contribution is 6.11. The van der Waals surface area contributed by atoms with Crippen LogP contribution in [0.25, 0.3) is 67.3 Å². The van der Waals surface area contributed by atoms with Crippen LogP contribution in [0.15, 0.2) is 218 Å². The normalized spacial score (nSPS) is 13.2. The van der Waals surface area contributed by atoms with Crippen LogP contribution in [0, 0.1) is 0 Å². The molecule has 0 amide bonds. The molecule has 3 heterocycles. The van der Waals surface area contributed by atoms with Gasteiger partial charge in [0, 0.05) is 29.1 Å². The molecular weight excluding hydrogens is 693 g/mol. The van der Waals surface area contributed by atoms with Crippen molar-refractivity contribution in [3.8, 4) is 67.3 Å². The number of benzene rings is 7. The molecule has 1 unspecified atom stereocenters. The lowest BCUT2D eigenvalue weighted by atomic mass is 9.85. The van der Waals surface area contributed by atoms with Crippen molar-refractivity contribution in [2.24, 2.45) is 4.99 Å². The van der Waals surface area contributed by atoms with E-state index in [4.69, 9.17) is 15.0 Å². The van der Waals surface area contributed by atoms with E-state index in [1.165, 1.54) is 22.3 Å². The molecule has 0 saturated heterocycles. The summed E-state index contributed by atoms with van der Waals surface area (Å²) in [6.07, 6.45) is 3.64. The molecule has 1 atom stereocenters. The highest BCUT2D eigenvalue weighted by atomic mass is 14.9. The van der Waals surface area contributed by atoms with Gasteiger partial charge < -0.3 is 0 Å². The molecular formula is C53H36N4. The summed E-state index contributed by atoms with van der Waals surface area (Å²) in [5.41, 5.74) is 17.3. The number of rotatable bonds is 8. The standard InChI is InChI=1S/C53H36N4/c1-3-10-36(11-4-1)37-18-24-41(25-19-37)49-35-50(57-53(56-49)44-28-22-38(23-29-44)40-30-32-54-33-31-40)46-15-9-14-45(34-46)39-20-26-43(27-21-39)52-51(42-12-5-2-6-13-42)47-16-7-8-17-48(47)55-52/h1-35,51H. The fourth-order valence-electron chi connectivity index (χ4n) is 7.77. The van der Waals surface area contributed by atoms with E-state index >= 15 is 0 Å².